The third-order valence-electron chi connectivity index (χ3n) is 5.70. The third kappa shape index (κ3) is 3.77. The van der Waals surface area contributed by atoms with Gasteiger partial charge in [0, 0.05) is 11.6 Å². The lowest BCUT2D eigenvalue weighted by molar-refractivity contribution is -0.145. The van der Waals surface area contributed by atoms with E-state index < -0.39 is 29.8 Å². The number of likely N-dealkylation sites (tertiary alicyclic amines) is 1. The first-order valence-corrected chi connectivity index (χ1v) is 9.86. The minimum atomic E-state index is -4.55. The van der Waals surface area contributed by atoms with Gasteiger partial charge in [0.25, 0.3) is 0 Å². The summed E-state index contributed by atoms with van der Waals surface area (Å²) >= 11 is 0. The normalized spacial score (nSPS) is 19.0. The Hall–Kier alpha value is -2.93. The summed E-state index contributed by atoms with van der Waals surface area (Å²) in [6, 6.07) is 12.7. The fraction of sp³-hybridized carbons (Fsp3) is 0.304. The Morgan fingerprint density at radius 3 is 2.53 bits per heavy atom. The molecule has 156 valence electrons. The maximum Gasteiger partial charge on any atom is 0.416 e. The van der Waals surface area contributed by atoms with Crippen LogP contribution in [0.25, 0.3) is 10.9 Å². The average Bonchev–Trinajstić information content (AvgIpc) is 2.74. The highest BCUT2D eigenvalue weighted by atomic mass is 19.4. The van der Waals surface area contributed by atoms with Gasteiger partial charge in [0.15, 0.2) is 0 Å². The SMILES string of the molecule is O=C(O)C1CCCCN1C(c1ccccc1C(F)(F)F)c1ccnc2ccccc12. The number of benzene rings is 2. The Bertz CT molecular complexity index is 1060. The minimum absolute atomic E-state index is 0.0644. The maximum absolute atomic E-state index is 13.9. The van der Waals surface area contributed by atoms with Crippen molar-refractivity contribution in [3.8, 4) is 0 Å². The van der Waals surface area contributed by atoms with Crippen molar-refractivity contribution in [2.24, 2.45) is 0 Å². The van der Waals surface area contributed by atoms with Gasteiger partial charge in [-0.1, -0.05) is 42.8 Å². The molecule has 3 aromatic rings. The zero-order valence-corrected chi connectivity index (χ0v) is 16.1. The summed E-state index contributed by atoms with van der Waals surface area (Å²) in [7, 11) is 0. The van der Waals surface area contributed by atoms with Gasteiger partial charge in [-0.05, 0) is 48.7 Å². The number of carbonyl (C=O) groups is 1. The second-order valence-electron chi connectivity index (χ2n) is 7.49. The molecule has 30 heavy (non-hydrogen) atoms. The number of alkyl halides is 3. The smallest absolute Gasteiger partial charge is 0.416 e. The lowest BCUT2D eigenvalue weighted by atomic mass is 9.87. The van der Waals surface area contributed by atoms with Crippen molar-refractivity contribution in [1.29, 1.82) is 0 Å². The summed E-state index contributed by atoms with van der Waals surface area (Å²) in [4.78, 5) is 18.0. The van der Waals surface area contributed by atoms with E-state index in [9.17, 15) is 23.1 Å². The summed E-state index contributed by atoms with van der Waals surface area (Å²) in [6.07, 6.45) is -1.11. The minimum Gasteiger partial charge on any atom is -0.480 e. The van der Waals surface area contributed by atoms with Crippen LogP contribution < -0.4 is 0 Å². The highest BCUT2D eigenvalue weighted by Gasteiger charge is 2.41. The molecule has 1 aliphatic heterocycles. The van der Waals surface area contributed by atoms with Crippen LogP contribution in [0.3, 0.4) is 0 Å². The number of hydrogen-bond acceptors (Lipinski definition) is 3. The predicted molar refractivity (Wildman–Crippen MR) is 107 cm³/mol. The molecule has 1 saturated heterocycles. The van der Waals surface area contributed by atoms with Gasteiger partial charge in [-0.3, -0.25) is 14.7 Å². The molecule has 0 spiro atoms. The van der Waals surface area contributed by atoms with Gasteiger partial charge in [0.1, 0.15) is 6.04 Å². The van der Waals surface area contributed by atoms with Crippen LogP contribution in [-0.2, 0) is 11.0 Å². The molecule has 2 unspecified atom stereocenters. The van der Waals surface area contributed by atoms with Gasteiger partial charge in [0.05, 0.1) is 17.1 Å². The second-order valence-corrected chi connectivity index (χ2v) is 7.49. The molecule has 1 N–H and O–H groups in total. The molecule has 0 saturated carbocycles. The number of carboxylic acids is 1. The first-order chi connectivity index (χ1) is 14.4. The largest absolute Gasteiger partial charge is 0.480 e. The van der Waals surface area contributed by atoms with Gasteiger partial charge in [-0.15, -0.1) is 0 Å². The van der Waals surface area contributed by atoms with Gasteiger partial charge in [0.2, 0.25) is 0 Å². The van der Waals surface area contributed by atoms with Crippen molar-refractivity contribution in [2.75, 3.05) is 6.54 Å². The Kier molecular flexibility index (Phi) is 5.47. The van der Waals surface area contributed by atoms with Crippen LogP contribution in [0.5, 0.6) is 0 Å². The molecule has 0 aliphatic carbocycles. The molecule has 2 atom stereocenters. The zero-order valence-electron chi connectivity index (χ0n) is 16.1. The molecular formula is C23H21F3N2O2. The highest BCUT2D eigenvalue weighted by Crippen LogP contribution is 2.42. The number of aromatic nitrogens is 1. The van der Waals surface area contributed by atoms with Crippen molar-refractivity contribution < 1.29 is 23.1 Å². The molecular weight excluding hydrogens is 393 g/mol. The number of piperidine rings is 1. The van der Waals surface area contributed by atoms with Crippen LogP contribution in [-0.4, -0.2) is 33.5 Å². The first-order valence-electron chi connectivity index (χ1n) is 9.86. The average molecular weight is 414 g/mol. The fourth-order valence-electron chi connectivity index (χ4n) is 4.40. The van der Waals surface area contributed by atoms with Crippen LogP contribution in [0.4, 0.5) is 13.2 Å². The first kappa shape index (κ1) is 20.3. The topological polar surface area (TPSA) is 53.4 Å². The van der Waals surface area contributed by atoms with E-state index in [1.165, 1.54) is 12.1 Å². The number of fused-ring (bicyclic) bond motifs is 1. The van der Waals surface area contributed by atoms with Crippen molar-refractivity contribution in [3.63, 3.8) is 0 Å². The Morgan fingerprint density at radius 2 is 1.77 bits per heavy atom. The molecule has 4 nitrogen and oxygen atoms in total. The summed E-state index contributed by atoms with van der Waals surface area (Å²) < 4.78 is 41.7. The van der Waals surface area contributed by atoms with Crippen LogP contribution in [0.15, 0.2) is 60.8 Å². The van der Waals surface area contributed by atoms with Crippen LogP contribution >= 0.6 is 0 Å². The Balaban J connectivity index is 1.98. The van der Waals surface area contributed by atoms with E-state index in [1.807, 2.05) is 18.2 Å². The Labute approximate surface area is 172 Å². The van der Waals surface area contributed by atoms with Crippen molar-refractivity contribution in [1.82, 2.24) is 9.88 Å². The molecule has 0 bridgehead atoms. The lowest BCUT2D eigenvalue weighted by Gasteiger charge is -2.40. The maximum atomic E-state index is 13.9. The molecule has 0 radical (unpaired) electrons. The van der Waals surface area contributed by atoms with E-state index in [4.69, 9.17) is 0 Å². The summed E-state index contributed by atoms with van der Waals surface area (Å²) in [6.45, 7) is 0.407. The Morgan fingerprint density at radius 1 is 1.03 bits per heavy atom. The quantitative estimate of drug-likeness (QED) is 0.631. The van der Waals surface area contributed by atoms with Crippen molar-refractivity contribution in [2.45, 2.75) is 37.5 Å². The van der Waals surface area contributed by atoms with Crippen molar-refractivity contribution in [3.05, 3.63) is 77.5 Å². The second kappa shape index (κ2) is 8.07. The monoisotopic (exact) mass is 414 g/mol. The number of hydrogen-bond donors (Lipinski definition) is 1. The molecule has 0 amide bonds. The van der Waals surface area contributed by atoms with Crippen LogP contribution in [0.1, 0.15) is 42.0 Å². The lowest BCUT2D eigenvalue weighted by Crippen LogP contribution is -2.47. The molecule has 2 aromatic carbocycles. The fourth-order valence-corrected chi connectivity index (χ4v) is 4.40. The molecule has 7 heteroatoms. The van der Waals surface area contributed by atoms with Crippen LogP contribution in [0.2, 0.25) is 0 Å². The zero-order chi connectivity index (χ0) is 21.3. The highest BCUT2D eigenvalue weighted by molar-refractivity contribution is 5.83. The van der Waals surface area contributed by atoms with E-state index in [0.29, 0.717) is 24.0 Å². The van der Waals surface area contributed by atoms with E-state index in [-0.39, 0.29) is 5.56 Å². The van der Waals surface area contributed by atoms with E-state index >= 15 is 0 Å². The van der Waals surface area contributed by atoms with Crippen molar-refractivity contribution >= 4 is 16.9 Å². The number of para-hydroxylation sites is 1. The van der Waals surface area contributed by atoms with E-state index in [0.717, 1.165) is 24.3 Å². The third-order valence-corrected chi connectivity index (χ3v) is 5.70. The van der Waals surface area contributed by atoms with E-state index in [2.05, 4.69) is 4.98 Å². The van der Waals surface area contributed by atoms with Crippen LogP contribution in [0, 0.1) is 0 Å². The van der Waals surface area contributed by atoms with Gasteiger partial charge < -0.3 is 5.11 Å². The van der Waals surface area contributed by atoms with Gasteiger partial charge in [-0.25, -0.2) is 0 Å². The van der Waals surface area contributed by atoms with Gasteiger partial charge in [-0.2, -0.15) is 13.2 Å². The van der Waals surface area contributed by atoms with E-state index in [1.54, 1.807) is 29.3 Å². The number of aliphatic carboxylic acids is 1. The number of carboxylic acid groups (broad SMARTS) is 1. The summed E-state index contributed by atoms with van der Waals surface area (Å²) in [5, 5.41) is 10.5. The predicted octanol–water partition coefficient (Wildman–Crippen LogP) is 5.28. The number of pyridine rings is 1. The number of halogens is 3. The molecule has 1 aliphatic rings. The number of nitrogens with zero attached hydrogens (tertiary/aromatic N) is 2. The summed E-state index contributed by atoms with van der Waals surface area (Å²) in [5.74, 6) is -1.01. The molecule has 1 fully saturated rings. The molecule has 4 rings (SSSR count). The standard InChI is InChI=1S/C23H21F3N2O2/c24-23(25,26)18-9-3-1-8-17(18)21(28-14-6-5-11-20(28)22(29)30)16-12-13-27-19-10-4-2-7-15(16)19/h1-4,7-10,12-13,20-21H,5-6,11,14H2,(H,29,30). The molecule has 2 heterocycles. The number of rotatable bonds is 4. The van der Waals surface area contributed by atoms with Gasteiger partial charge >= 0.3 is 12.1 Å². The molecule has 1 aromatic heterocycles. The summed E-state index contributed by atoms with van der Waals surface area (Å²) in [5.41, 5.74) is 0.610.